The average Bonchev–Trinajstić information content (AvgIpc) is 3.25. The first kappa shape index (κ1) is 12.5. The van der Waals surface area contributed by atoms with Crippen molar-refractivity contribution in [2.75, 3.05) is 0 Å². The predicted molar refractivity (Wildman–Crippen MR) is 77.8 cm³/mol. The zero-order chi connectivity index (χ0) is 13.1. The van der Waals surface area contributed by atoms with Crippen LogP contribution in [0, 0.1) is 0 Å². The fraction of sp³-hybridized carbons (Fsp3) is 0.250. The summed E-state index contributed by atoms with van der Waals surface area (Å²) >= 11 is 6.06. The van der Waals surface area contributed by atoms with Gasteiger partial charge in [-0.2, -0.15) is 0 Å². The summed E-state index contributed by atoms with van der Waals surface area (Å²) in [5, 5.41) is 4.12. The van der Waals surface area contributed by atoms with E-state index < -0.39 is 0 Å². The van der Waals surface area contributed by atoms with Gasteiger partial charge in [0.25, 0.3) is 0 Å². The van der Waals surface area contributed by atoms with E-state index in [0.717, 1.165) is 18.3 Å². The van der Waals surface area contributed by atoms with Crippen molar-refractivity contribution in [2.45, 2.75) is 25.4 Å². The highest BCUT2D eigenvalue weighted by molar-refractivity contribution is 6.32. The van der Waals surface area contributed by atoms with Crippen LogP contribution >= 0.6 is 11.6 Å². The molecule has 19 heavy (non-hydrogen) atoms. The molecule has 1 N–H and O–H groups in total. The third kappa shape index (κ3) is 3.49. The van der Waals surface area contributed by atoms with Crippen molar-refractivity contribution in [1.82, 2.24) is 5.32 Å². The summed E-state index contributed by atoms with van der Waals surface area (Å²) in [5.41, 5.74) is 1.28. The Morgan fingerprint density at radius 2 is 1.79 bits per heavy atom. The van der Waals surface area contributed by atoms with Crippen LogP contribution in [0.4, 0.5) is 0 Å². The molecule has 0 saturated heterocycles. The number of hydrogen-bond donors (Lipinski definition) is 1. The van der Waals surface area contributed by atoms with E-state index in [9.17, 15) is 0 Å². The van der Waals surface area contributed by atoms with E-state index in [2.05, 4.69) is 17.4 Å². The van der Waals surface area contributed by atoms with Gasteiger partial charge >= 0.3 is 0 Å². The zero-order valence-corrected chi connectivity index (χ0v) is 11.4. The van der Waals surface area contributed by atoms with Gasteiger partial charge in [-0.25, -0.2) is 0 Å². The first-order chi connectivity index (χ1) is 9.31. The molecule has 3 rings (SSSR count). The van der Waals surface area contributed by atoms with Crippen molar-refractivity contribution in [2.24, 2.45) is 0 Å². The first-order valence-electron chi connectivity index (χ1n) is 6.56. The van der Waals surface area contributed by atoms with E-state index in [-0.39, 0.29) is 0 Å². The van der Waals surface area contributed by atoms with Crippen LogP contribution in [0.5, 0.6) is 11.5 Å². The van der Waals surface area contributed by atoms with Gasteiger partial charge in [0.05, 0.1) is 5.02 Å². The molecular formula is C16H16ClNO. The Morgan fingerprint density at radius 3 is 2.47 bits per heavy atom. The van der Waals surface area contributed by atoms with Crippen molar-refractivity contribution in [3.8, 4) is 11.5 Å². The topological polar surface area (TPSA) is 21.3 Å². The minimum atomic E-state index is 0.627. The van der Waals surface area contributed by atoms with Crippen LogP contribution < -0.4 is 10.1 Å². The van der Waals surface area contributed by atoms with Gasteiger partial charge in [-0.05, 0) is 42.7 Å². The highest BCUT2D eigenvalue weighted by atomic mass is 35.5. The van der Waals surface area contributed by atoms with Gasteiger partial charge < -0.3 is 10.1 Å². The van der Waals surface area contributed by atoms with Crippen molar-refractivity contribution >= 4 is 11.6 Å². The first-order valence-corrected chi connectivity index (χ1v) is 6.94. The lowest BCUT2D eigenvalue weighted by molar-refractivity contribution is 0.482. The standard InChI is InChI=1S/C16H16ClNO/c17-15-3-1-2-4-16(15)19-14-9-5-12(6-10-14)11-18-13-7-8-13/h1-6,9-10,13,18H,7-8,11H2. The van der Waals surface area contributed by atoms with Crippen LogP contribution in [-0.4, -0.2) is 6.04 Å². The summed E-state index contributed by atoms with van der Waals surface area (Å²) in [4.78, 5) is 0. The van der Waals surface area contributed by atoms with Gasteiger partial charge in [0.15, 0.2) is 0 Å². The number of rotatable bonds is 5. The summed E-state index contributed by atoms with van der Waals surface area (Å²) in [6.07, 6.45) is 2.63. The largest absolute Gasteiger partial charge is 0.456 e. The van der Waals surface area contributed by atoms with Crippen LogP contribution in [0.15, 0.2) is 48.5 Å². The zero-order valence-electron chi connectivity index (χ0n) is 10.6. The van der Waals surface area contributed by atoms with E-state index in [1.54, 1.807) is 0 Å². The molecule has 0 aromatic heterocycles. The molecule has 1 saturated carbocycles. The van der Waals surface area contributed by atoms with Crippen LogP contribution in [-0.2, 0) is 6.54 Å². The van der Waals surface area contributed by atoms with Gasteiger partial charge in [-0.3, -0.25) is 0 Å². The maximum absolute atomic E-state index is 6.06. The highest BCUT2D eigenvalue weighted by Crippen LogP contribution is 2.28. The molecule has 0 unspecified atom stereocenters. The second-order valence-corrected chi connectivity index (χ2v) is 5.24. The third-order valence-corrected chi connectivity index (χ3v) is 3.47. The molecule has 0 atom stereocenters. The quantitative estimate of drug-likeness (QED) is 0.873. The number of benzene rings is 2. The third-order valence-electron chi connectivity index (χ3n) is 3.16. The molecule has 1 aliphatic rings. The van der Waals surface area contributed by atoms with Gasteiger partial charge in [0, 0.05) is 12.6 Å². The average molecular weight is 274 g/mol. The summed E-state index contributed by atoms with van der Waals surface area (Å²) in [6.45, 7) is 0.928. The van der Waals surface area contributed by atoms with Crippen molar-refractivity contribution < 1.29 is 4.74 Å². The summed E-state index contributed by atoms with van der Waals surface area (Å²) in [7, 11) is 0. The lowest BCUT2D eigenvalue weighted by Crippen LogP contribution is -2.14. The molecule has 1 fully saturated rings. The fourth-order valence-corrected chi connectivity index (χ4v) is 2.05. The lowest BCUT2D eigenvalue weighted by Gasteiger charge is -2.08. The number of halogens is 1. The van der Waals surface area contributed by atoms with Crippen LogP contribution in [0.2, 0.25) is 5.02 Å². The van der Waals surface area contributed by atoms with Crippen molar-refractivity contribution in [3.63, 3.8) is 0 Å². The summed E-state index contributed by atoms with van der Waals surface area (Å²) in [5.74, 6) is 1.50. The molecule has 0 aliphatic heterocycles. The molecule has 1 aliphatic carbocycles. The van der Waals surface area contributed by atoms with Crippen LogP contribution in [0.1, 0.15) is 18.4 Å². The Morgan fingerprint density at radius 1 is 1.05 bits per heavy atom. The van der Waals surface area contributed by atoms with E-state index in [1.807, 2.05) is 36.4 Å². The molecule has 2 aromatic carbocycles. The molecule has 2 aromatic rings. The second kappa shape index (κ2) is 5.64. The van der Waals surface area contributed by atoms with Gasteiger partial charge in [-0.1, -0.05) is 35.9 Å². The number of para-hydroxylation sites is 1. The van der Waals surface area contributed by atoms with Crippen LogP contribution in [0.25, 0.3) is 0 Å². The van der Waals surface area contributed by atoms with Gasteiger partial charge in [-0.15, -0.1) is 0 Å². The molecule has 0 spiro atoms. The summed E-state index contributed by atoms with van der Waals surface area (Å²) in [6, 6.07) is 16.4. The molecule has 2 nitrogen and oxygen atoms in total. The maximum Gasteiger partial charge on any atom is 0.146 e. The summed E-state index contributed by atoms with van der Waals surface area (Å²) < 4.78 is 5.75. The SMILES string of the molecule is Clc1ccccc1Oc1ccc(CNC2CC2)cc1. The Hall–Kier alpha value is -1.51. The molecule has 0 bridgehead atoms. The van der Waals surface area contributed by atoms with Gasteiger partial charge in [0.1, 0.15) is 11.5 Å². The highest BCUT2D eigenvalue weighted by Gasteiger charge is 2.19. The second-order valence-electron chi connectivity index (χ2n) is 4.83. The Bertz CT molecular complexity index is 549. The van der Waals surface area contributed by atoms with E-state index in [4.69, 9.17) is 16.3 Å². The Labute approximate surface area is 118 Å². The lowest BCUT2D eigenvalue weighted by atomic mass is 10.2. The number of nitrogens with one attached hydrogen (secondary N) is 1. The smallest absolute Gasteiger partial charge is 0.146 e. The Balaban J connectivity index is 1.63. The van der Waals surface area contributed by atoms with Crippen molar-refractivity contribution in [1.29, 1.82) is 0 Å². The van der Waals surface area contributed by atoms with E-state index in [1.165, 1.54) is 18.4 Å². The fourth-order valence-electron chi connectivity index (χ4n) is 1.88. The predicted octanol–water partition coefficient (Wildman–Crippen LogP) is 4.38. The minimum Gasteiger partial charge on any atom is -0.456 e. The monoisotopic (exact) mass is 273 g/mol. The van der Waals surface area contributed by atoms with Crippen LogP contribution in [0.3, 0.4) is 0 Å². The Kier molecular flexibility index (Phi) is 3.72. The molecule has 0 radical (unpaired) electrons. The molecule has 98 valence electrons. The molecule has 0 amide bonds. The van der Waals surface area contributed by atoms with E-state index in [0.29, 0.717) is 10.8 Å². The molecular weight excluding hydrogens is 258 g/mol. The van der Waals surface area contributed by atoms with Gasteiger partial charge in [0.2, 0.25) is 0 Å². The minimum absolute atomic E-state index is 0.627. The number of ether oxygens (including phenoxy) is 1. The molecule has 0 heterocycles. The number of hydrogen-bond acceptors (Lipinski definition) is 2. The molecule has 3 heteroatoms. The van der Waals surface area contributed by atoms with E-state index >= 15 is 0 Å². The normalized spacial score (nSPS) is 14.4. The maximum atomic E-state index is 6.06. The van der Waals surface area contributed by atoms with Crippen molar-refractivity contribution in [3.05, 3.63) is 59.1 Å².